The number of benzene rings is 2. The Morgan fingerprint density at radius 2 is 2.00 bits per heavy atom. The third-order valence-electron chi connectivity index (χ3n) is 3.96. The van der Waals surface area contributed by atoms with Crippen molar-refractivity contribution in [2.75, 3.05) is 13.2 Å². The van der Waals surface area contributed by atoms with Crippen LogP contribution in [0, 0.1) is 0 Å². The van der Waals surface area contributed by atoms with Crippen molar-refractivity contribution in [3.8, 4) is 5.75 Å². The molecule has 0 aliphatic carbocycles. The Kier molecular flexibility index (Phi) is 6.92. The lowest BCUT2D eigenvalue weighted by molar-refractivity contribution is -0.118. The zero-order valence-electron chi connectivity index (χ0n) is 14.2. The van der Waals surface area contributed by atoms with Crippen molar-refractivity contribution in [3.63, 3.8) is 0 Å². The maximum absolute atomic E-state index is 10.9. The molecule has 2 aromatic carbocycles. The molecular weight excluding hydrogens is 286 g/mol. The minimum absolute atomic E-state index is 0.0330. The second-order valence-electron chi connectivity index (χ2n) is 5.94. The molecule has 0 atom stereocenters. The molecule has 2 aromatic rings. The number of aryl methyl sites for hydroxylation is 1. The summed E-state index contributed by atoms with van der Waals surface area (Å²) in [5, 5.41) is 5.34. The van der Waals surface area contributed by atoms with E-state index in [4.69, 9.17) is 4.74 Å². The van der Waals surface area contributed by atoms with Gasteiger partial charge in [0.25, 0.3) is 0 Å². The monoisotopic (exact) mass is 313 g/mol. The van der Waals surface area contributed by atoms with Crippen LogP contribution in [0.1, 0.15) is 45.1 Å². The third-order valence-corrected chi connectivity index (χ3v) is 3.96. The van der Waals surface area contributed by atoms with Crippen molar-refractivity contribution in [2.45, 2.75) is 46.0 Å². The van der Waals surface area contributed by atoms with E-state index in [0.29, 0.717) is 0 Å². The number of ether oxygens (including phenoxy) is 1. The predicted molar refractivity (Wildman–Crippen MR) is 96.0 cm³/mol. The summed E-state index contributed by atoms with van der Waals surface area (Å²) in [5.41, 5.74) is 1.31. The number of nitrogens with one attached hydrogen (secondary N) is 1. The van der Waals surface area contributed by atoms with E-state index in [-0.39, 0.29) is 5.91 Å². The van der Waals surface area contributed by atoms with E-state index in [9.17, 15) is 4.79 Å². The average Bonchev–Trinajstić information content (AvgIpc) is 2.55. The Hall–Kier alpha value is -2.03. The lowest BCUT2D eigenvalue weighted by atomic mass is 10.0. The molecule has 0 spiro atoms. The maximum atomic E-state index is 10.9. The molecule has 0 fully saturated rings. The summed E-state index contributed by atoms with van der Waals surface area (Å²) in [6.45, 7) is 5.26. The van der Waals surface area contributed by atoms with E-state index in [1.807, 2.05) is 0 Å². The topological polar surface area (TPSA) is 38.3 Å². The van der Waals surface area contributed by atoms with Gasteiger partial charge in [0, 0.05) is 13.5 Å². The van der Waals surface area contributed by atoms with Crippen LogP contribution in [0.25, 0.3) is 10.8 Å². The van der Waals surface area contributed by atoms with Gasteiger partial charge in [0.05, 0.1) is 6.61 Å². The molecule has 1 N–H and O–H groups in total. The van der Waals surface area contributed by atoms with Gasteiger partial charge in [-0.1, -0.05) is 44.0 Å². The summed E-state index contributed by atoms with van der Waals surface area (Å²) in [4.78, 5) is 10.9. The highest BCUT2D eigenvalue weighted by Gasteiger charge is 2.04. The molecule has 0 radical (unpaired) electrons. The lowest BCUT2D eigenvalue weighted by Crippen LogP contribution is -2.21. The van der Waals surface area contributed by atoms with Crippen molar-refractivity contribution < 1.29 is 9.53 Å². The zero-order valence-corrected chi connectivity index (χ0v) is 14.2. The van der Waals surface area contributed by atoms with Gasteiger partial charge in [-0.05, 0) is 47.7 Å². The summed E-state index contributed by atoms with van der Waals surface area (Å²) in [6, 6.07) is 12.7. The molecule has 0 aromatic heterocycles. The van der Waals surface area contributed by atoms with Crippen LogP contribution >= 0.6 is 0 Å². The van der Waals surface area contributed by atoms with Crippen LogP contribution in [0.2, 0.25) is 0 Å². The average molecular weight is 313 g/mol. The number of rotatable bonds is 9. The van der Waals surface area contributed by atoms with Gasteiger partial charge < -0.3 is 10.1 Å². The summed E-state index contributed by atoms with van der Waals surface area (Å²) in [5.74, 6) is 0.980. The summed E-state index contributed by atoms with van der Waals surface area (Å²) in [6.07, 6.45) is 5.42. The van der Waals surface area contributed by atoms with Gasteiger partial charge in [0.15, 0.2) is 0 Å². The highest BCUT2D eigenvalue weighted by Crippen LogP contribution is 2.25. The molecule has 23 heavy (non-hydrogen) atoms. The van der Waals surface area contributed by atoms with Gasteiger partial charge in [-0.2, -0.15) is 0 Å². The molecular formula is C20H27NO2. The molecule has 1 amide bonds. The van der Waals surface area contributed by atoms with Crippen LogP contribution in [0.3, 0.4) is 0 Å². The van der Waals surface area contributed by atoms with Gasteiger partial charge in [-0.3, -0.25) is 4.79 Å². The number of amides is 1. The van der Waals surface area contributed by atoms with Crippen molar-refractivity contribution in [2.24, 2.45) is 0 Å². The van der Waals surface area contributed by atoms with Crippen LogP contribution in [-0.2, 0) is 11.2 Å². The first-order valence-corrected chi connectivity index (χ1v) is 8.59. The highest BCUT2D eigenvalue weighted by atomic mass is 16.5. The van der Waals surface area contributed by atoms with E-state index in [0.717, 1.165) is 38.2 Å². The van der Waals surface area contributed by atoms with Gasteiger partial charge in [0.2, 0.25) is 5.91 Å². The predicted octanol–water partition coefficient (Wildman–Crippen LogP) is 4.48. The Bertz CT molecular complexity index is 637. The molecule has 3 nitrogen and oxygen atoms in total. The van der Waals surface area contributed by atoms with Crippen molar-refractivity contribution in [3.05, 3.63) is 42.0 Å². The Morgan fingerprint density at radius 3 is 2.78 bits per heavy atom. The van der Waals surface area contributed by atoms with E-state index >= 15 is 0 Å². The third kappa shape index (κ3) is 5.59. The standard InChI is InChI=1S/C20H27NO2/c1-3-4-5-14-23-19-12-11-18-9-6-8-17(20(18)15-19)10-7-13-21-16(2)22/h6,8-9,11-12,15H,3-5,7,10,13-14H2,1-2H3,(H,21,22). The molecule has 0 heterocycles. The van der Waals surface area contributed by atoms with Crippen LogP contribution in [0.15, 0.2) is 36.4 Å². The highest BCUT2D eigenvalue weighted by molar-refractivity contribution is 5.87. The fraction of sp³-hybridized carbons (Fsp3) is 0.450. The Labute approximate surface area is 139 Å². The molecule has 2 rings (SSSR count). The first-order valence-electron chi connectivity index (χ1n) is 8.59. The Morgan fingerprint density at radius 1 is 1.13 bits per heavy atom. The molecule has 3 heteroatoms. The number of unbranched alkanes of at least 4 members (excludes halogenated alkanes) is 2. The normalized spacial score (nSPS) is 10.7. The van der Waals surface area contributed by atoms with E-state index in [1.54, 1.807) is 6.92 Å². The quantitative estimate of drug-likeness (QED) is 0.693. The Balaban J connectivity index is 2.03. The first kappa shape index (κ1) is 17.3. The van der Waals surface area contributed by atoms with Gasteiger partial charge in [-0.15, -0.1) is 0 Å². The zero-order chi connectivity index (χ0) is 16.5. The number of hydrogen-bond donors (Lipinski definition) is 1. The lowest BCUT2D eigenvalue weighted by Gasteiger charge is -2.10. The van der Waals surface area contributed by atoms with Gasteiger partial charge >= 0.3 is 0 Å². The minimum atomic E-state index is 0.0330. The van der Waals surface area contributed by atoms with Gasteiger partial charge in [0.1, 0.15) is 5.75 Å². The molecule has 0 unspecified atom stereocenters. The summed E-state index contributed by atoms with van der Waals surface area (Å²) >= 11 is 0. The number of carbonyl (C=O) groups excluding carboxylic acids is 1. The fourth-order valence-electron chi connectivity index (χ4n) is 2.71. The number of carbonyl (C=O) groups is 1. The molecule has 0 aliphatic rings. The SMILES string of the molecule is CCCCCOc1ccc2cccc(CCCNC(C)=O)c2c1. The molecule has 0 saturated heterocycles. The smallest absolute Gasteiger partial charge is 0.216 e. The van der Waals surface area contributed by atoms with E-state index in [1.165, 1.54) is 29.2 Å². The molecule has 124 valence electrons. The second kappa shape index (κ2) is 9.19. The van der Waals surface area contributed by atoms with E-state index in [2.05, 4.69) is 48.6 Å². The van der Waals surface area contributed by atoms with Crippen LogP contribution < -0.4 is 10.1 Å². The van der Waals surface area contributed by atoms with Crippen molar-refractivity contribution in [1.82, 2.24) is 5.32 Å². The van der Waals surface area contributed by atoms with Gasteiger partial charge in [-0.25, -0.2) is 0 Å². The minimum Gasteiger partial charge on any atom is -0.494 e. The molecule has 0 aliphatic heterocycles. The fourth-order valence-corrected chi connectivity index (χ4v) is 2.71. The number of hydrogen-bond acceptors (Lipinski definition) is 2. The first-order chi connectivity index (χ1) is 11.2. The van der Waals surface area contributed by atoms with Crippen LogP contribution in [0.5, 0.6) is 5.75 Å². The molecule has 0 saturated carbocycles. The largest absolute Gasteiger partial charge is 0.494 e. The second-order valence-corrected chi connectivity index (χ2v) is 5.94. The number of fused-ring (bicyclic) bond motifs is 1. The van der Waals surface area contributed by atoms with Crippen molar-refractivity contribution >= 4 is 16.7 Å². The maximum Gasteiger partial charge on any atom is 0.216 e. The molecule has 0 bridgehead atoms. The summed E-state index contributed by atoms with van der Waals surface area (Å²) < 4.78 is 5.87. The van der Waals surface area contributed by atoms with Crippen LogP contribution in [-0.4, -0.2) is 19.1 Å². The van der Waals surface area contributed by atoms with Crippen LogP contribution in [0.4, 0.5) is 0 Å². The van der Waals surface area contributed by atoms with E-state index < -0.39 is 0 Å². The van der Waals surface area contributed by atoms with Crippen molar-refractivity contribution in [1.29, 1.82) is 0 Å². The summed E-state index contributed by atoms with van der Waals surface area (Å²) in [7, 11) is 0.